The van der Waals surface area contributed by atoms with E-state index in [0.29, 0.717) is 11.5 Å². The van der Waals surface area contributed by atoms with Crippen LogP contribution < -0.4 is 4.90 Å². The van der Waals surface area contributed by atoms with E-state index in [9.17, 15) is 4.79 Å². The van der Waals surface area contributed by atoms with Crippen molar-refractivity contribution in [3.63, 3.8) is 0 Å². The van der Waals surface area contributed by atoms with Crippen LogP contribution in [0.25, 0.3) is 6.08 Å². The van der Waals surface area contributed by atoms with E-state index < -0.39 is 0 Å². The Labute approximate surface area is 188 Å². The highest BCUT2D eigenvalue weighted by Crippen LogP contribution is 2.29. The number of nitrogens with zero attached hydrogens (tertiary/aromatic N) is 2. The van der Waals surface area contributed by atoms with Crippen molar-refractivity contribution in [2.45, 2.75) is 0 Å². The van der Waals surface area contributed by atoms with E-state index in [1.165, 1.54) is 0 Å². The standard InChI is InChI=1S/C22H13Br3N2O/c23-16-5-1-14(2-6-16)13-20-22(28)27(19-11-9-18(25)10-12-19)21(26-20)15-3-7-17(24)8-4-15/h1-13H/b20-13+. The Morgan fingerprint density at radius 3 is 1.79 bits per heavy atom. The van der Waals surface area contributed by atoms with Gasteiger partial charge in [0.15, 0.2) is 0 Å². The summed E-state index contributed by atoms with van der Waals surface area (Å²) >= 11 is 10.3. The Hall–Kier alpha value is -2.02. The Bertz CT molecular complexity index is 1090. The molecule has 6 heteroatoms. The molecule has 0 bridgehead atoms. The Morgan fingerprint density at radius 2 is 1.21 bits per heavy atom. The van der Waals surface area contributed by atoms with Gasteiger partial charge in [-0.2, -0.15) is 0 Å². The van der Waals surface area contributed by atoms with Gasteiger partial charge in [-0.05, 0) is 60.2 Å². The molecule has 0 unspecified atom stereocenters. The number of benzene rings is 3. The topological polar surface area (TPSA) is 32.7 Å². The first-order valence-corrected chi connectivity index (χ1v) is 10.8. The lowest BCUT2D eigenvalue weighted by Gasteiger charge is -2.18. The summed E-state index contributed by atoms with van der Waals surface area (Å²) in [6.07, 6.45) is 1.81. The molecule has 3 aromatic rings. The van der Waals surface area contributed by atoms with Crippen LogP contribution in [0, 0.1) is 0 Å². The molecule has 4 rings (SSSR count). The first-order chi connectivity index (χ1) is 13.5. The lowest BCUT2D eigenvalue weighted by Crippen LogP contribution is -2.32. The smallest absolute Gasteiger partial charge is 0.266 e. The molecule has 1 aliphatic heterocycles. The Morgan fingerprint density at radius 1 is 0.714 bits per heavy atom. The SMILES string of the molecule is O=C1/C(=C\c2ccc(Br)cc2)N=C(c2ccc(Br)cc2)N1c1ccc(Br)cc1. The highest BCUT2D eigenvalue weighted by molar-refractivity contribution is 9.11. The molecule has 1 heterocycles. The minimum atomic E-state index is -0.150. The molecule has 0 N–H and O–H groups in total. The number of amidine groups is 1. The van der Waals surface area contributed by atoms with E-state index in [4.69, 9.17) is 0 Å². The van der Waals surface area contributed by atoms with Crippen LogP contribution in [0.1, 0.15) is 11.1 Å². The fourth-order valence-electron chi connectivity index (χ4n) is 2.86. The van der Waals surface area contributed by atoms with Crippen LogP contribution in [-0.2, 0) is 4.79 Å². The zero-order valence-corrected chi connectivity index (χ0v) is 19.2. The second kappa shape index (κ2) is 8.15. The van der Waals surface area contributed by atoms with Crippen LogP contribution >= 0.6 is 47.8 Å². The summed E-state index contributed by atoms with van der Waals surface area (Å²) in [5.74, 6) is 0.464. The van der Waals surface area contributed by atoms with Crippen LogP contribution in [0.2, 0.25) is 0 Å². The highest BCUT2D eigenvalue weighted by atomic mass is 79.9. The summed E-state index contributed by atoms with van der Waals surface area (Å²) in [5.41, 5.74) is 2.97. The van der Waals surface area contributed by atoms with Crippen molar-refractivity contribution in [1.82, 2.24) is 0 Å². The van der Waals surface area contributed by atoms with Gasteiger partial charge in [0.2, 0.25) is 0 Å². The number of aliphatic imine (C=N–C) groups is 1. The van der Waals surface area contributed by atoms with Gasteiger partial charge >= 0.3 is 0 Å². The van der Waals surface area contributed by atoms with Gasteiger partial charge in [-0.3, -0.25) is 9.69 Å². The third kappa shape index (κ3) is 4.04. The molecule has 3 nitrogen and oxygen atoms in total. The van der Waals surface area contributed by atoms with Crippen molar-refractivity contribution in [2.24, 2.45) is 4.99 Å². The van der Waals surface area contributed by atoms with E-state index in [1.807, 2.05) is 78.9 Å². The molecule has 138 valence electrons. The molecule has 0 atom stereocenters. The van der Waals surface area contributed by atoms with Gasteiger partial charge in [-0.1, -0.05) is 72.1 Å². The number of carbonyl (C=O) groups is 1. The summed E-state index contributed by atoms with van der Waals surface area (Å²) in [6.45, 7) is 0. The quantitative estimate of drug-likeness (QED) is 0.324. The van der Waals surface area contributed by atoms with Crippen molar-refractivity contribution in [3.8, 4) is 0 Å². The fourth-order valence-corrected chi connectivity index (χ4v) is 3.65. The number of carbonyl (C=O) groups excluding carboxylic acids is 1. The average molecular weight is 561 g/mol. The normalized spacial score (nSPS) is 15.2. The molecule has 0 aliphatic carbocycles. The van der Waals surface area contributed by atoms with Crippen molar-refractivity contribution in [1.29, 1.82) is 0 Å². The Balaban J connectivity index is 1.81. The molecule has 0 fully saturated rings. The molecule has 0 radical (unpaired) electrons. The third-order valence-corrected chi connectivity index (χ3v) is 5.81. The van der Waals surface area contributed by atoms with E-state index >= 15 is 0 Å². The van der Waals surface area contributed by atoms with Crippen LogP contribution in [-0.4, -0.2) is 11.7 Å². The monoisotopic (exact) mass is 558 g/mol. The first kappa shape index (κ1) is 19.3. The number of amides is 1. The second-order valence-corrected chi connectivity index (χ2v) is 8.89. The molecule has 3 aromatic carbocycles. The number of hydrogen-bond donors (Lipinski definition) is 0. The number of rotatable bonds is 3. The van der Waals surface area contributed by atoms with Crippen LogP contribution in [0.5, 0.6) is 0 Å². The van der Waals surface area contributed by atoms with E-state index in [1.54, 1.807) is 4.90 Å². The molecule has 1 amide bonds. The van der Waals surface area contributed by atoms with E-state index in [0.717, 1.165) is 30.2 Å². The van der Waals surface area contributed by atoms with Crippen molar-refractivity contribution in [3.05, 3.63) is 103 Å². The molecule has 0 aromatic heterocycles. The molecule has 0 saturated heterocycles. The molecule has 1 aliphatic rings. The number of halogens is 3. The third-order valence-electron chi connectivity index (χ3n) is 4.22. The highest BCUT2D eigenvalue weighted by Gasteiger charge is 2.32. The zero-order valence-electron chi connectivity index (χ0n) is 14.4. The van der Waals surface area contributed by atoms with Gasteiger partial charge in [0.05, 0.1) is 5.69 Å². The molecule has 0 saturated carbocycles. The van der Waals surface area contributed by atoms with Crippen molar-refractivity contribution in [2.75, 3.05) is 4.90 Å². The summed E-state index contributed by atoms with van der Waals surface area (Å²) in [4.78, 5) is 19.6. The van der Waals surface area contributed by atoms with Gasteiger partial charge in [0, 0.05) is 19.0 Å². The van der Waals surface area contributed by atoms with Crippen LogP contribution in [0.15, 0.2) is 96.9 Å². The van der Waals surface area contributed by atoms with Crippen LogP contribution in [0.3, 0.4) is 0 Å². The predicted molar refractivity (Wildman–Crippen MR) is 124 cm³/mol. The number of anilines is 1. The van der Waals surface area contributed by atoms with E-state index in [2.05, 4.69) is 52.8 Å². The van der Waals surface area contributed by atoms with Gasteiger partial charge in [0.1, 0.15) is 11.5 Å². The maximum atomic E-state index is 13.2. The average Bonchev–Trinajstić information content (AvgIpc) is 3.01. The zero-order chi connectivity index (χ0) is 19.7. The molecule has 28 heavy (non-hydrogen) atoms. The summed E-state index contributed by atoms with van der Waals surface area (Å²) in [5, 5.41) is 0. The number of hydrogen-bond acceptors (Lipinski definition) is 2. The maximum absolute atomic E-state index is 13.2. The Kier molecular flexibility index (Phi) is 5.62. The minimum Gasteiger partial charge on any atom is -0.266 e. The minimum absolute atomic E-state index is 0.150. The fraction of sp³-hybridized carbons (Fsp3) is 0. The second-order valence-electron chi connectivity index (χ2n) is 6.14. The van der Waals surface area contributed by atoms with Gasteiger partial charge in [-0.15, -0.1) is 0 Å². The van der Waals surface area contributed by atoms with Crippen LogP contribution in [0.4, 0.5) is 5.69 Å². The van der Waals surface area contributed by atoms with Gasteiger partial charge < -0.3 is 0 Å². The maximum Gasteiger partial charge on any atom is 0.282 e. The first-order valence-electron chi connectivity index (χ1n) is 8.43. The van der Waals surface area contributed by atoms with E-state index in [-0.39, 0.29) is 5.91 Å². The molecule has 0 spiro atoms. The van der Waals surface area contributed by atoms with Gasteiger partial charge in [0.25, 0.3) is 5.91 Å². The van der Waals surface area contributed by atoms with Crippen molar-refractivity contribution >= 4 is 71.3 Å². The summed E-state index contributed by atoms with van der Waals surface area (Å²) < 4.78 is 2.92. The lowest BCUT2D eigenvalue weighted by atomic mass is 10.1. The predicted octanol–water partition coefficient (Wildman–Crippen LogP) is 6.81. The molecular weight excluding hydrogens is 548 g/mol. The van der Waals surface area contributed by atoms with Gasteiger partial charge in [-0.25, -0.2) is 4.99 Å². The lowest BCUT2D eigenvalue weighted by molar-refractivity contribution is -0.113. The molecular formula is C22H13Br3N2O. The largest absolute Gasteiger partial charge is 0.282 e. The summed E-state index contributed by atoms with van der Waals surface area (Å²) in [6, 6.07) is 23.2. The van der Waals surface area contributed by atoms with Crippen molar-refractivity contribution < 1.29 is 4.79 Å². The summed E-state index contributed by atoms with van der Waals surface area (Å²) in [7, 11) is 0.